The summed E-state index contributed by atoms with van der Waals surface area (Å²) in [6.07, 6.45) is 7.30. The van der Waals surface area contributed by atoms with Gasteiger partial charge >= 0.3 is 0 Å². The van der Waals surface area contributed by atoms with Crippen molar-refractivity contribution in [2.24, 2.45) is 11.3 Å². The first kappa shape index (κ1) is 9.57. The smallest absolute Gasteiger partial charge is 0.0112 e. The first-order valence-corrected chi connectivity index (χ1v) is 4.89. The maximum Gasteiger partial charge on any atom is -0.0112 e. The van der Waals surface area contributed by atoms with Gasteiger partial charge in [0.15, 0.2) is 0 Å². The van der Waals surface area contributed by atoms with E-state index in [4.69, 9.17) is 0 Å². The van der Waals surface area contributed by atoms with E-state index in [-0.39, 0.29) is 5.41 Å². The zero-order valence-electron chi connectivity index (χ0n) is 8.40. The number of allylic oxidation sites excluding steroid dienone is 2. The Morgan fingerprint density at radius 2 is 2.08 bits per heavy atom. The summed E-state index contributed by atoms with van der Waals surface area (Å²) >= 11 is 0. The Bertz CT molecular complexity index is 186. The Kier molecular flexibility index (Phi) is 2.76. The summed E-state index contributed by atoms with van der Waals surface area (Å²) in [6, 6.07) is 0. The Labute approximate surface area is 76.4 Å². The molecule has 0 aromatic carbocycles. The highest BCUT2D eigenvalue weighted by molar-refractivity contribution is 5.11. The predicted octanol–water partition coefficient (Wildman–Crippen LogP) is 3.95. The van der Waals surface area contributed by atoms with Gasteiger partial charge in [0.05, 0.1) is 0 Å². The van der Waals surface area contributed by atoms with Gasteiger partial charge in [0.2, 0.25) is 0 Å². The van der Waals surface area contributed by atoms with Crippen LogP contribution in [0, 0.1) is 11.3 Å². The van der Waals surface area contributed by atoms with Gasteiger partial charge in [0, 0.05) is 0 Å². The van der Waals surface area contributed by atoms with Crippen molar-refractivity contribution in [3.8, 4) is 0 Å². The average molecular weight is 164 g/mol. The first-order chi connectivity index (χ1) is 5.58. The highest BCUT2D eigenvalue weighted by Crippen LogP contribution is 2.41. The number of hydrogen-bond acceptors (Lipinski definition) is 0. The molecule has 12 heavy (non-hydrogen) atoms. The minimum absolute atomic E-state index is 0.248. The van der Waals surface area contributed by atoms with Crippen LogP contribution in [0.4, 0.5) is 0 Å². The Morgan fingerprint density at radius 1 is 1.42 bits per heavy atom. The molecule has 0 heteroatoms. The lowest BCUT2D eigenvalue weighted by atomic mass is 9.69. The van der Waals surface area contributed by atoms with E-state index < -0.39 is 0 Å². The molecule has 0 aromatic heterocycles. The van der Waals surface area contributed by atoms with Crippen molar-refractivity contribution in [1.29, 1.82) is 0 Å². The van der Waals surface area contributed by atoms with Crippen molar-refractivity contribution in [3.05, 3.63) is 24.8 Å². The summed E-state index contributed by atoms with van der Waals surface area (Å²) in [5, 5.41) is 0. The molecule has 0 spiro atoms. The van der Waals surface area contributed by atoms with E-state index in [0.717, 1.165) is 0 Å². The van der Waals surface area contributed by atoms with Crippen LogP contribution >= 0.6 is 0 Å². The van der Waals surface area contributed by atoms with E-state index in [1.807, 2.05) is 0 Å². The van der Waals surface area contributed by atoms with Crippen LogP contribution in [-0.2, 0) is 0 Å². The molecule has 1 atom stereocenters. The average Bonchev–Trinajstić information content (AvgIpc) is 2.05. The molecule has 0 saturated heterocycles. The summed E-state index contributed by atoms with van der Waals surface area (Å²) in [7, 11) is 0. The maximum atomic E-state index is 4.16. The normalized spacial score (nSPS) is 25.5. The van der Waals surface area contributed by atoms with Crippen molar-refractivity contribution in [2.75, 3.05) is 0 Å². The largest absolute Gasteiger partial charge is 0.103 e. The number of hydrogen-bond donors (Lipinski definition) is 0. The quantitative estimate of drug-likeness (QED) is 0.542. The van der Waals surface area contributed by atoms with Crippen LogP contribution in [-0.4, -0.2) is 0 Å². The maximum absolute atomic E-state index is 4.16. The van der Waals surface area contributed by atoms with Crippen molar-refractivity contribution in [2.45, 2.75) is 39.5 Å². The summed E-state index contributed by atoms with van der Waals surface area (Å²) in [6.45, 7) is 12.6. The van der Waals surface area contributed by atoms with E-state index in [0.29, 0.717) is 5.92 Å². The van der Waals surface area contributed by atoms with Gasteiger partial charge in [-0.3, -0.25) is 0 Å². The van der Waals surface area contributed by atoms with Crippen LogP contribution in [0.5, 0.6) is 0 Å². The summed E-state index contributed by atoms with van der Waals surface area (Å²) in [5.41, 5.74) is 1.68. The Hall–Kier alpha value is -0.520. The van der Waals surface area contributed by atoms with Crippen molar-refractivity contribution in [3.63, 3.8) is 0 Å². The van der Waals surface area contributed by atoms with E-state index in [2.05, 4.69) is 33.1 Å². The second-order valence-electron chi connectivity index (χ2n) is 4.48. The van der Waals surface area contributed by atoms with Crippen LogP contribution < -0.4 is 0 Å². The third kappa shape index (κ3) is 1.80. The van der Waals surface area contributed by atoms with E-state index >= 15 is 0 Å². The summed E-state index contributed by atoms with van der Waals surface area (Å²) in [5.74, 6) is 0.670. The van der Waals surface area contributed by atoms with E-state index in [1.54, 1.807) is 0 Å². The SMILES string of the molecule is C=CC(C)(C)[C@@H]1CCCCC1=C. The van der Waals surface area contributed by atoms with Gasteiger partial charge in [-0.2, -0.15) is 0 Å². The van der Waals surface area contributed by atoms with Crippen molar-refractivity contribution >= 4 is 0 Å². The minimum Gasteiger partial charge on any atom is -0.103 e. The van der Waals surface area contributed by atoms with Crippen LogP contribution in [0.3, 0.4) is 0 Å². The molecule has 68 valence electrons. The van der Waals surface area contributed by atoms with Crippen LogP contribution in [0.2, 0.25) is 0 Å². The standard InChI is InChI=1S/C12H20/c1-5-12(3,4)11-9-7-6-8-10(11)2/h5,11H,1-2,6-9H2,3-4H3/t11-/m1/s1. The lowest BCUT2D eigenvalue weighted by molar-refractivity contribution is 0.274. The third-order valence-corrected chi connectivity index (χ3v) is 3.16. The molecule has 0 bridgehead atoms. The van der Waals surface area contributed by atoms with Gasteiger partial charge < -0.3 is 0 Å². The predicted molar refractivity (Wildman–Crippen MR) is 55.1 cm³/mol. The van der Waals surface area contributed by atoms with Crippen LogP contribution in [0.15, 0.2) is 24.8 Å². The highest BCUT2D eigenvalue weighted by Gasteiger charge is 2.29. The van der Waals surface area contributed by atoms with Crippen LogP contribution in [0.25, 0.3) is 0 Å². The zero-order chi connectivity index (χ0) is 9.19. The molecule has 0 heterocycles. The molecule has 0 radical (unpaired) electrons. The molecule has 1 aliphatic rings. The van der Waals surface area contributed by atoms with Crippen LogP contribution in [0.1, 0.15) is 39.5 Å². The molecule has 1 aliphatic carbocycles. The topological polar surface area (TPSA) is 0 Å². The lowest BCUT2D eigenvalue weighted by Crippen LogP contribution is -2.25. The molecular formula is C12H20. The molecule has 0 aromatic rings. The first-order valence-electron chi connectivity index (χ1n) is 4.89. The fourth-order valence-corrected chi connectivity index (χ4v) is 2.12. The third-order valence-electron chi connectivity index (χ3n) is 3.16. The van der Waals surface area contributed by atoms with Gasteiger partial charge in [-0.25, -0.2) is 0 Å². The molecule has 1 rings (SSSR count). The second kappa shape index (κ2) is 3.47. The number of rotatable bonds is 2. The zero-order valence-corrected chi connectivity index (χ0v) is 8.40. The summed E-state index contributed by atoms with van der Waals surface area (Å²) in [4.78, 5) is 0. The molecule has 1 saturated carbocycles. The second-order valence-corrected chi connectivity index (χ2v) is 4.48. The van der Waals surface area contributed by atoms with Gasteiger partial charge in [-0.1, -0.05) is 38.5 Å². The highest BCUT2D eigenvalue weighted by atomic mass is 14.3. The molecule has 0 N–H and O–H groups in total. The van der Waals surface area contributed by atoms with Gasteiger partial charge in [-0.05, 0) is 30.6 Å². The minimum atomic E-state index is 0.248. The lowest BCUT2D eigenvalue weighted by Gasteiger charge is -2.36. The fourth-order valence-electron chi connectivity index (χ4n) is 2.12. The van der Waals surface area contributed by atoms with Gasteiger partial charge in [0.1, 0.15) is 0 Å². The molecule has 0 nitrogen and oxygen atoms in total. The monoisotopic (exact) mass is 164 g/mol. The molecule has 0 amide bonds. The summed E-state index contributed by atoms with van der Waals surface area (Å²) < 4.78 is 0. The molecular weight excluding hydrogens is 144 g/mol. The van der Waals surface area contributed by atoms with E-state index in [9.17, 15) is 0 Å². The molecule has 0 aliphatic heterocycles. The fraction of sp³-hybridized carbons (Fsp3) is 0.667. The van der Waals surface area contributed by atoms with Gasteiger partial charge in [-0.15, -0.1) is 6.58 Å². The Balaban J connectivity index is 2.71. The Morgan fingerprint density at radius 3 is 2.58 bits per heavy atom. The molecule has 0 unspecified atom stereocenters. The van der Waals surface area contributed by atoms with Gasteiger partial charge in [0.25, 0.3) is 0 Å². The van der Waals surface area contributed by atoms with Crippen molar-refractivity contribution < 1.29 is 0 Å². The molecule has 1 fully saturated rings. The van der Waals surface area contributed by atoms with E-state index in [1.165, 1.54) is 31.3 Å². The van der Waals surface area contributed by atoms with Crippen molar-refractivity contribution in [1.82, 2.24) is 0 Å².